The SMILES string of the molecule is Cc1ccc([C@@H](C)NS(=O)(=O)Cc2cccc([N+](=O)[O-])c2)cc1. The van der Waals surface area contributed by atoms with E-state index in [9.17, 15) is 18.5 Å². The lowest BCUT2D eigenvalue weighted by Crippen LogP contribution is -2.28. The lowest BCUT2D eigenvalue weighted by molar-refractivity contribution is -0.384. The fourth-order valence-electron chi connectivity index (χ4n) is 2.21. The molecule has 122 valence electrons. The topological polar surface area (TPSA) is 89.3 Å². The molecule has 0 fully saturated rings. The molecular formula is C16H18N2O4S. The van der Waals surface area contributed by atoms with E-state index in [-0.39, 0.29) is 17.5 Å². The number of hydrogen-bond acceptors (Lipinski definition) is 4. The molecule has 7 heteroatoms. The highest BCUT2D eigenvalue weighted by molar-refractivity contribution is 7.88. The summed E-state index contributed by atoms with van der Waals surface area (Å²) in [7, 11) is -3.61. The van der Waals surface area contributed by atoms with Gasteiger partial charge in [-0.25, -0.2) is 13.1 Å². The van der Waals surface area contributed by atoms with Crippen molar-refractivity contribution < 1.29 is 13.3 Å². The number of aryl methyl sites for hydroxylation is 1. The molecule has 0 aliphatic carbocycles. The van der Waals surface area contributed by atoms with Crippen LogP contribution in [0.5, 0.6) is 0 Å². The molecule has 0 aromatic heterocycles. The van der Waals surface area contributed by atoms with E-state index < -0.39 is 14.9 Å². The molecule has 0 unspecified atom stereocenters. The number of nitrogens with zero attached hydrogens (tertiary/aromatic N) is 1. The summed E-state index contributed by atoms with van der Waals surface area (Å²) in [6.45, 7) is 3.72. The van der Waals surface area contributed by atoms with Crippen molar-refractivity contribution in [3.8, 4) is 0 Å². The lowest BCUT2D eigenvalue weighted by atomic mass is 10.1. The maximum absolute atomic E-state index is 12.3. The van der Waals surface area contributed by atoms with Gasteiger partial charge >= 0.3 is 0 Å². The number of hydrogen-bond donors (Lipinski definition) is 1. The van der Waals surface area contributed by atoms with Crippen LogP contribution in [0.15, 0.2) is 48.5 Å². The van der Waals surface area contributed by atoms with Crippen molar-refractivity contribution in [1.82, 2.24) is 4.72 Å². The van der Waals surface area contributed by atoms with Gasteiger partial charge in [0, 0.05) is 18.2 Å². The van der Waals surface area contributed by atoms with E-state index in [0.717, 1.165) is 11.1 Å². The Morgan fingerprint density at radius 1 is 1.17 bits per heavy atom. The van der Waals surface area contributed by atoms with Crippen LogP contribution in [-0.4, -0.2) is 13.3 Å². The summed E-state index contributed by atoms with van der Waals surface area (Å²) in [4.78, 5) is 10.2. The van der Waals surface area contributed by atoms with Gasteiger partial charge in [0.2, 0.25) is 10.0 Å². The van der Waals surface area contributed by atoms with Crippen molar-refractivity contribution in [3.05, 3.63) is 75.3 Å². The zero-order chi connectivity index (χ0) is 17.0. The van der Waals surface area contributed by atoms with Gasteiger partial charge in [-0.15, -0.1) is 0 Å². The fraction of sp³-hybridized carbons (Fsp3) is 0.250. The van der Waals surface area contributed by atoms with Crippen molar-refractivity contribution in [3.63, 3.8) is 0 Å². The first kappa shape index (κ1) is 17.1. The van der Waals surface area contributed by atoms with Crippen molar-refractivity contribution >= 4 is 15.7 Å². The number of nitro benzene ring substituents is 1. The molecule has 0 heterocycles. The standard InChI is InChI=1S/C16H18N2O4S/c1-12-6-8-15(9-7-12)13(2)17-23(21,22)11-14-4-3-5-16(10-14)18(19)20/h3-10,13,17H,11H2,1-2H3/t13-/m1/s1. The van der Waals surface area contributed by atoms with Gasteiger partial charge in [-0.3, -0.25) is 10.1 Å². The van der Waals surface area contributed by atoms with Gasteiger partial charge in [0.1, 0.15) is 0 Å². The van der Waals surface area contributed by atoms with E-state index in [1.54, 1.807) is 13.0 Å². The predicted octanol–water partition coefficient (Wildman–Crippen LogP) is 3.08. The van der Waals surface area contributed by atoms with Crippen LogP contribution < -0.4 is 4.72 Å². The number of rotatable bonds is 6. The Morgan fingerprint density at radius 2 is 1.83 bits per heavy atom. The van der Waals surface area contributed by atoms with Gasteiger partial charge in [-0.05, 0) is 25.0 Å². The van der Waals surface area contributed by atoms with Crippen molar-refractivity contribution in [1.29, 1.82) is 0 Å². The smallest absolute Gasteiger partial charge is 0.258 e. The van der Waals surface area contributed by atoms with Gasteiger partial charge in [-0.1, -0.05) is 42.0 Å². The van der Waals surface area contributed by atoms with Crippen molar-refractivity contribution in [2.24, 2.45) is 0 Å². The van der Waals surface area contributed by atoms with Crippen LogP contribution in [0, 0.1) is 17.0 Å². The highest BCUT2D eigenvalue weighted by Gasteiger charge is 2.18. The first-order chi connectivity index (χ1) is 10.8. The molecule has 1 N–H and O–H groups in total. The minimum absolute atomic E-state index is 0.121. The van der Waals surface area contributed by atoms with Crippen LogP contribution in [0.2, 0.25) is 0 Å². The van der Waals surface area contributed by atoms with Gasteiger partial charge in [-0.2, -0.15) is 0 Å². The predicted molar refractivity (Wildman–Crippen MR) is 88.4 cm³/mol. The molecule has 0 saturated carbocycles. The van der Waals surface area contributed by atoms with Crippen molar-refractivity contribution in [2.45, 2.75) is 25.6 Å². The fourth-order valence-corrected chi connectivity index (χ4v) is 3.59. The number of sulfonamides is 1. The molecule has 0 saturated heterocycles. The normalized spacial score (nSPS) is 12.8. The maximum Gasteiger partial charge on any atom is 0.269 e. The van der Waals surface area contributed by atoms with E-state index in [4.69, 9.17) is 0 Å². The number of nitrogens with one attached hydrogen (secondary N) is 1. The highest BCUT2D eigenvalue weighted by Crippen LogP contribution is 2.18. The Kier molecular flexibility index (Phi) is 5.12. The summed E-state index contributed by atoms with van der Waals surface area (Å²) < 4.78 is 27.1. The van der Waals surface area contributed by atoms with E-state index in [0.29, 0.717) is 5.56 Å². The third-order valence-corrected chi connectivity index (χ3v) is 4.84. The van der Waals surface area contributed by atoms with Crippen molar-refractivity contribution in [2.75, 3.05) is 0 Å². The second kappa shape index (κ2) is 6.89. The third-order valence-electron chi connectivity index (χ3n) is 3.41. The summed E-state index contributed by atoms with van der Waals surface area (Å²) >= 11 is 0. The van der Waals surface area contributed by atoms with Gasteiger partial charge in [0.25, 0.3) is 5.69 Å². The molecule has 0 aliphatic heterocycles. The molecule has 6 nitrogen and oxygen atoms in total. The minimum atomic E-state index is -3.61. The largest absolute Gasteiger partial charge is 0.269 e. The number of non-ortho nitro benzene ring substituents is 1. The lowest BCUT2D eigenvalue weighted by Gasteiger charge is -2.15. The Labute approximate surface area is 135 Å². The second-order valence-corrected chi connectivity index (χ2v) is 7.19. The first-order valence-corrected chi connectivity index (χ1v) is 8.72. The van der Waals surface area contributed by atoms with Crippen LogP contribution >= 0.6 is 0 Å². The van der Waals surface area contributed by atoms with E-state index >= 15 is 0 Å². The monoisotopic (exact) mass is 334 g/mol. The molecule has 0 radical (unpaired) electrons. The molecule has 0 amide bonds. The van der Waals surface area contributed by atoms with E-state index in [1.807, 2.05) is 31.2 Å². The quantitative estimate of drug-likeness (QED) is 0.649. The molecule has 2 rings (SSSR count). The molecule has 0 aliphatic rings. The highest BCUT2D eigenvalue weighted by atomic mass is 32.2. The summed E-state index contributed by atoms with van der Waals surface area (Å²) in [5.41, 5.74) is 2.21. The zero-order valence-electron chi connectivity index (χ0n) is 12.9. The third kappa shape index (κ3) is 4.87. The number of nitro groups is 1. The summed E-state index contributed by atoms with van der Waals surface area (Å²) in [6.07, 6.45) is 0. The Bertz CT molecular complexity index is 801. The molecule has 0 bridgehead atoms. The first-order valence-electron chi connectivity index (χ1n) is 7.07. The minimum Gasteiger partial charge on any atom is -0.258 e. The molecule has 2 aromatic carbocycles. The molecule has 23 heavy (non-hydrogen) atoms. The zero-order valence-corrected chi connectivity index (χ0v) is 13.7. The van der Waals surface area contributed by atoms with Gasteiger partial charge in [0.15, 0.2) is 0 Å². The van der Waals surface area contributed by atoms with E-state index in [1.165, 1.54) is 18.2 Å². The Balaban J connectivity index is 2.11. The van der Waals surface area contributed by atoms with Gasteiger partial charge < -0.3 is 0 Å². The molecular weight excluding hydrogens is 316 g/mol. The summed E-state index contributed by atoms with van der Waals surface area (Å²) in [5.74, 6) is -0.301. The van der Waals surface area contributed by atoms with Crippen LogP contribution in [0.1, 0.15) is 29.7 Å². The van der Waals surface area contributed by atoms with Crippen LogP contribution in [-0.2, 0) is 15.8 Å². The summed E-state index contributed by atoms with van der Waals surface area (Å²) in [6, 6.07) is 12.8. The molecule has 2 aromatic rings. The number of benzene rings is 2. The van der Waals surface area contributed by atoms with Crippen LogP contribution in [0.25, 0.3) is 0 Å². The molecule has 0 spiro atoms. The van der Waals surface area contributed by atoms with Gasteiger partial charge in [0.05, 0.1) is 10.7 Å². The Hall–Kier alpha value is -2.25. The summed E-state index contributed by atoms with van der Waals surface area (Å²) in [5, 5.41) is 10.7. The van der Waals surface area contributed by atoms with Crippen LogP contribution in [0.4, 0.5) is 5.69 Å². The van der Waals surface area contributed by atoms with E-state index in [2.05, 4.69) is 4.72 Å². The average Bonchev–Trinajstić information content (AvgIpc) is 2.47. The Morgan fingerprint density at radius 3 is 2.43 bits per heavy atom. The van der Waals surface area contributed by atoms with Crippen LogP contribution in [0.3, 0.4) is 0 Å². The maximum atomic E-state index is 12.3. The second-order valence-electron chi connectivity index (χ2n) is 5.44. The average molecular weight is 334 g/mol. The molecule has 1 atom stereocenters.